The maximum Gasteiger partial charge on any atom is 0.200 e. The summed E-state index contributed by atoms with van der Waals surface area (Å²) in [7, 11) is 0. The molecule has 1 aliphatic rings. The zero-order valence-electron chi connectivity index (χ0n) is 17.5. The van der Waals surface area contributed by atoms with Gasteiger partial charge in [0, 0.05) is 23.1 Å². The number of aryl methyl sites for hydroxylation is 1. The van der Waals surface area contributed by atoms with Gasteiger partial charge in [-0.15, -0.1) is 0 Å². The molecule has 2 heterocycles. The van der Waals surface area contributed by atoms with E-state index in [-0.39, 0.29) is 5.43 Å². The molecule has 0 bridgehead atoms. The quantitative estimate of drug-likeness (QED) is 0.374. The molecule has 1 aromatic heterocycles. The third-order valence-electron chi connectivity index (χ3n) is 5.43. The van der Waals surface area contributed by atoms with Crippen LogP contribution in [0.25, 0.3) is 22.1 Å². The van der Waals surface area contributed by atoms with Gasteiger partial charge in [-0.05, 0) is 42.8 Å². The van der Waals surface area contributed by atoms with Crippen LogP contribution in [0.2, 0.25) is 5.02 Å². The van der Waals surface area contributed by atoms with Crippen LogP contribution < -0.4 is 19.6 Å². The van der Waals surface area contributed by atoms with E-state index in [4.69, 9.17) is 30.2 Å². The van der Waals surface area contributed by atoms with Gasteiger partial charge in [-0.25, -0.2) is 0 Å². The first kappa shape index (κ1) is 20.5. The highest BCUT2D eigenvalue weighted by molar-refractivity contribution is 6.31. The first-order valence-electron chi connectivity index (χ1n) is 10.4. The van der Waals surface area contributed by atoms with Crippen molar-refractivity contribution in [1.29, 1.82) is 0 Å². The summed E-state index contributed by atoms with van der Waals surface area (Å²) in [6, 6.07) is 18.3. The lowest BCUT2D eigenvalue weighted by Crippen LogP contribution is -2.08. The van der Waals surface area contributed by atoms with Gasteiger partial charge >= 0.3 is 0 Å². The van der Waals surface area contributed by atoms with Crippen molar-refractivity contribution in [1.82, 2.24) is 0 Å². The van der Waals surface area contributed by atoms with E-state index in [0.29, 0.717) is 64.4 Å². The van der Waals surface area contributed by atoms with E-state index in [2.05, 4.69) is 0 Å². The molecule has 32 heavy (non-hydrogen) atoms. The number of hydrogen-bond donors (Lipinski definition) is 0. The minimum Gasteiger partial charge on any atom is -0.490 e. The lowest BCUT2D eigenvalue weighted by molar-refractivity contribution is 0.297. The Labute approximate surface area is 190 Å². The molecule has 4 aromatic rings. The number of ether oxygens (including phenoxy) is 3. The maximum absolute atomic E-state index is 13.3. The molecule has 0 fully saturated rings. The first-order chi connectivity index (χ1) is 15.6. The fourth-order valence-electron chi connectivity index (χ4n) is 3.80. The zero-order chi connectivity index (χ0) is 22.1. The minimum atomic E-state index is -0.101. The van der Waals surface area contributed by atoms with Gasteiger partial charge in [0.05, 0.1) is 24.2 Å². The van der Waals surface area contributed by atoms with Gasteiger partial charge in [-0.2, -0.15) is 0 Å². The summed E-state index contributed by atoms with van der Waals surface area (Å²) in [5.74, 6) is 2.46. The molecule has 0 amide bonds. The van der Waals surface area contributed by atoms with Crippen molar-refractivity contribution in [2.75, 3.05) is 13.2 Å². The van der Waals surface area contributed by atoms with Crippen LogP contribution >= 0.6 is 11.6 Å². The van der Waals surface area contributed by atoms with Crippen molar-refractivity contribution in [3.8, 4) is 28.4 Å². The SMILES string of the molecule is Cc1oc2cc(OCc3ccccc3Cl)ccc2c(=O)c1-c1ccc2c(c1)OCCCO2. The molecule has 6 heteroatoms. The fraction of sp³-hybridized carbons (Fsp3) is 0.192. The Morgan fingerprint density at radius 3 is 2.62 bits per heavy atom. The fourth-order valence-corrected chi connectivity index (χ4v) is 3.99. The number of fused-ring (bicyclic) bond motifs is 2. The zero-order valence-corrected chi connectivity index (χ0v) is 18.3. The Morgan fingerprint density at radius 2 is 1.78 bits per heavy atom. The van der Waals surface area contributed by atoms with Gasteiger partial charge < -0.3 is 18.6 Å². The van der Waals surface area contributed by atoms with Crippen molar-refractivity contribution >= 4 is 22.6 Å². The Kier molecular flexibility index (Phi) is 5.50. The summed E-state index contributed by atoms with van der Waals surface area (Å²) in [6.07, 6.45) is 0.821. The summed E-state index contributed by atoms with van der Waals surface area (Å²) >= 11 is 6.20. The molecule has 5 rings (SSSR count). The van der Waals surface area contributed by atoms with Crippen molar-refractivity contribution in [3.05, 3.63) is 87.2 Å². The molecule has 0 atom stereocenters. The van der Waals surface area contributed by atoms with Gasteiger partial charge in [0.2, 0.25) is 5.43 Å². The van der Waals surface area contributed by atoms with E-state index in [1.165, 1.54) is 0 Å². The van der Waals surface area contributed by atoms with Gasteiger partial charge in [-0.3, -0.25) is 4.79 Å². The summed E-state index contributed by atoms with van der Waals surface area (Å²) in [4.78, 5) is 13.3. The normalized spacial score (nSPS) is 13.1. The lowest BCUT2D eigenvalue weighted by atomic mass is 10.0. The lowest BCUT2D eigenvalue weighted by Gasteiger charge is -2.12. The maximum atomic E-state index is 13.3. The highest BCUT2D eigenvalue weighted by Crippen LogP contribution is 2.35. The average Bonchev–Trinajstić information content (AvgIpc) is 3.03. The molecule has 0 aliphatic carbocycles. The van der Waals surface area contributed by atoms with Crippen molar-refractivity contribution in [2.24, 2.45) is 0 Å². The highest BCUT2D eigenvalue weighted by Gasteiger charge is 2.18. The number of rotatable bonds is 4. The third kappa shape index (κ3) is 3.92. The molecule has 0 saturated carbocycles. The monoisotopic (exact) mass is 448 g/mol. The van der Waals surface area contributed by atoms with E-state index in [1.807, 2.05) is 42.5 Å². The number of benzene rings is 3. The molecule has 0 radical (unpaired) electrons. The third-order valence-corrected chi connectivity index (χ3v) is 5.80. The number of halogens is 1. The smallest absolute Gasteiger partial charge is 0.200 e. The van der Waals surface area contributed by atoms with Crippen LogP contribution in [0, 0.1) is 6.92 Å². The molecule has 162 valence electrons. The molecule has 0 N–H and O–H groups in total. The van der Waals surface area contributed by atoms with Gasteiger partial charge in [0.25, 0.3) is 0 Å². The second-order valence-corrected chi connectivity index (χ2v) is 8.02. The van der Waals surface area contributed by atoms with E-state index in [9.17, 15) is 4.79 Å². The van der Waals surface area contributed by atoms with Crippen LogP contribution in [0.4, 0.5) is 0 Å². The minimum absolute atomic E-state index is 0.101. The molecule has 1 aliphatic heterocycles. The van der Waals surface area contributed by atoms with Crippen molar-refractivity contribution < 1.29 is 18.6 Å². The van der Waals surface area contributed by atoms with E-state index < -0.39 is 0 Å². The Balaban J connectivity index is 1.49. The topological polar surface area (TPSA) is 57.9 Å². The Morgan fingerprint density at radius 1 is 0.969 bits per heavy atom. The number of hydrogen-bond acceptors (Lipinski definition) is 5. The highest BCUT2D eigenvalue weighted by atomic mass is 35.5. The summed E-state index contributed by atoms with van der Waals surface area (Å²) in [6.45, 7) is 3.31. The van der Waals surface area contributed by atoms with E-state index >= 15 is 0 Å². The largest absolute Gasteiger partial charge is 0.490 e. The summed E-state index contributed by atoms with van der Waals surface area (Å²) in [5, 5.41) is 1.14. The van der Waals surface area contributed by atoms with Crippen LogP contribution in [-0.2, 0) is 6.61 Å². The average molecular weight is 449 g/mol. The standard InChI is InChI=1S/C26H21ClO5/c1-16-25(17-7-10-22-24(13-17)30-12-4-11-29-22)26(28)20-9-8-19(14-23(20)32-16)31-15-18-5-2-3-6-21(18)27/h2-3,5-10,13-14H,4,11-12,15H2,1H3. The van der Waals surface area contributed by atoms with Crippen LogP contribution in [0.5, 0.6) is 17.2 Å². The van der Waals surface area contributed by atoms with Crippen LogP contribution in [0.15, 0.2) is 69.9 Å². The van der Waals surface area contributed by atoms with E-state index in [1.54, 1.807) is 25.1 Å². The van der Waals surface area contributed by atoms with Crippen LogP contribution in [0.3, 0.4) is 0 Å². The molecular weight excluding hydrogens is 428 g/mol. The Hall–Kier alpha value is -3.44. The predicted octanol–water partition coefficient (Wildman–Crippen LogP) is 6.16. The molecular formula is C26H21ClO5. The summed E-state index contributed by atoms with van der Waals surface area (Å²) in [5.41, 5.74) is 2.51. The molecule has 3 aromatic carbocycles. The van der Waals surface area contributed by atoms with E-state index in [0.717, 1.165) is 17.5 Å². The van der Waals surface area contributed by atoms with Crippen LogP contribution in [-0.4, -0.2) is 13.2 Å². The van der Waals surface area contributed by atoms with Gasteiger partial charge in [0.15, 0.2) is 11.5 Å². The molecule has 5 nitrogen and oxygen atoms in total. The Bertz CT molecular complexity index is 1360. The second-order valence-electron chi connectivity index (χ2n) is 7.61. The second kappa shape index (κ2) is 8.60. The predicted molar refractivity (Wildman–Crippen MR) is 124 cm³/mol. The summed E-state index contributed by atoms with van der Waals surface area (Å²) < 4.78 is 23.4. The first-order valence-corrected chi connectivity index (χ1v) is 10.8. The van der Waals surface area contributed by atoms with Crippen molar-refractivity contribution in [3.63, 3.8) is 0 Å². The van der Waals surface area contributed by atoms with Gasteiger partial charge in [0.1, 0.15) is 23.7 Å². The van der Waals surface area contributed by atoms with Gasteiger partial charge in [-0.1, -0.05) is 35.9 Å². The van der Waals surface area contributed by atoms with Crippen molar-refractivity contribution in [2.45, 2.75) is 20.0 Å². The molecule has 0 saturated heterocycles. The van der Waals surface area contributed by atoms with Crippen LogP contribution in [0.1, 0.15) is 17.7 Å². The molecule has 0 spiro atoms. The molecule has 0 unspecified atom stereocenters.